The molecule has 124 valence electrons. The zero-order valence-electron chi connectivity index (χ0n) is 14.7. The molecule has 0 aromatic rings. The first-order chi connectivity index (χ1) is 10.00. The minimum atomic E-state index is 0.426. The lowest BCUT2D eigenvalue weighted by molar-refractivity contribution is 0.0670. The van der Waals surface area contributed by atoms with E-state index in [0.717, 1.165) is 18.4 Å². The number of ether oxygens (including phenoxy) is 1. The number of likely N-dealkylation sites (tertiary alicyclic amines) is 2. The molecule has 0 saturated carbocycles. The maximum Gasteiger partial charge on any atom is 0.0490 e. The lowest BCUT2D eigenvalue weighted by atomic mass is 9.84. The molecule has 0 radical (unpaired) electrons. The van der Waals surface area contributed by atoms with Crippen LogP contribution in [-0.2, 0) is 4.74 Å². The topological polar surface area (TPSA) is 15.7 Å². The van der Waals surface area contributed by atoms with Crippen molar-refractivity contribution >= 4 is 0 Å². The highest BCUT2D eigenvalue weighted by Crippen LogP contribution is 2.28. The third kappa shape index (κ3) is 5.54. The van der Waals surface area contributed by atoms with Gasteiger partial charge in [-0.15, -0.1) is 0 Å². The maximum absolute atomic E-state index is 5.32. The molecule has 0 aromatic carbocycles. The van der Waals surface area contributed by atoms with E-state index in [9.17, 15) is 0 Å². The molecule has 3 nitrogen and oxygen atoms in total. The van der Waals surface area contributed by atoms with Gasteiger partial charge in [0.05, 0.1) is 0 Å². The van der Waals surface area contributed by atoms with Crippen molar-refractivity contribution in [3.8, 4) is 0 Å². The summed E-state index contributed by atoms with van der Waals surface area (Å²) < 4.78 is 5.32. The van der Waals surface area contributed by atoms with Gasteiger partial charge < -0.3 is 14.5 Å². The van der Waals surface area contributed by atoms with Crippen LogP contribution >= 0.6 is 0 Å². The van der Waals surface area contributed by atoms with Crippen LogP contribution in [0.2, 0.25) is 0 Å². The molecule has 0 aromatic heterocycles. The summed E-state index contributed by atoms with van der Waals surface area (Å²) in [6.45, 7) is 15.9. The van der Waals surface area contributed by atoms with Crippen molar-refractivity contribution in [2.45, 2.75) is 46.5 Å². The third-order valence-corrected chi connectivity index (χ3v) is 5.37. The summed E-state index contributed by atoms with van der Waals surface area (Å²) in [5.41, 5.74) is 0.426. The van der Waals surface area contributed by atoms with Crippen LogP contribution in [0.1, 0.15) is 46.5 Å². The Morgan fingerprint density at radius 2 is 1.52 bits per heavy atom. The number of methoxy groups -OCH3 is 1. The quantitative estimate of drug-likeness (QED) is 0.718. The normalized spacial score (nSPS) is 24.6. The highest BCUT2D eigenvalue weighted by atomic mass is 16.5. The van der Waals surface area contributed by atoms with Gasteiger partial charge in [-0.2, -0.15) is 0 Å². The smallest absolute Gasteiger partial charge is 0.0490 e. The van der Waals surface area contributed by atoms with Crippen molar-refractivity contribution in [3.05, 3.63) is 0 Å². The van der Waals surface area contributed by atoms with Gasteiger partial charge in [0.15, 0.2) is 0 Å². The molecule has 1 unspecified atom stereocenters. The molecule has 3 heteroatoms. The van der Waals surface area contributed by atoms with Crippen LogP contribution in [0.25, 0.3) is 0 Å². The van der Waals surface area contributed by atoms with Gasteiger partial charge in [0.25, 0.3) is 0 Å². The predicted octanol–water partition coefficient (Wildman–Crippen LogP) is 3.10. The van der Waals surface area contributed by atoms with Gasteiger partial charge >= 0.3 is 0 Å². The molecule has 0 spiro atoms. The van der Waals surface area contributed by atoms with Crippen LogP contribution in [0.15, 0.2) is 0 Å². The highest BCUT2D eigenvalue weighted by molar-refractivity contribution is 4.83. The largest absolute Gasteiger partial charge is 0.384 e. The van der Waals surface area contributed by atoms with Crippen LogP contribution in [0.3, 0.4) is 0 Å². The van der Waals surface area contributed by atoms with Crippen molar-refractivity contribution < 1.29 is 4.74 Å². The Morgan fingerprint density at radius 3 is 2.05 bits per heavy atom. The fraction of sp³-hybridized carbons (Fsp3) is 1.00. The predicted molar refractivity (Wildman–Crippen MR) is 89.7 cm³/mol. The van der Waals surface area contributed by atoms with E-state index in [1.165, 1.54) is 65.0 Å². The molecule has 0 bridgehead atoms. The number of hydrogen-bond donors (Lipinski definition) is 0. The zero-order chi connectivity index (χ0) is 15.3. The van der Waals surface area contributed by atoms with E-state index in [1.807, 2.05) is 7.11 Å². The summed E-state index contributed by atoms with van der Waals surface area (Å²) in [5, 5.41) is 0. The van der Waals surface area contributed by atoms with E-state index < -0.39 is 0 Å². The standard InChI is InChI=1S/C18H36N2O/c1-16(13-21-4)17-7-11-20(12-8-17)15-18(2,3)14-19-9-5-6-10-19/h16-17H,5-15H2,1-4H3. The molecule has 1 atom stereocenters. The molecular formula is C18H36N2O. The summed E-state index contributed by atoms with van der Waals surface area (Å²) in [6.07, 6.45) is 5.51. The SMILES string of the molecule is COCC(C)C1CCN(CC(C)(C)CN2CCCC2)CC1. The number of nitrogens with zero attached hydrogens (tertiary/aromatic N) is 2. The maximum atomic E-state index is 5.32. The first-order valence-electron chi connectivity index (χ1n) is 8.94. The molecular weight excluding hydrogens is 260 g/mol. The Labute approximate surface area is 132 Å². The molecule has 2 aliphatic heterocycles. The van der Waals surface area contributed by atoms with Gasteiger partial charge in [-0.3, -0.25) is 0 Å². The second-order valence-corrected chi connectivity index (χ2v) is 8.19. The van der Waals surface area contributed by atoms with Crippen molar-refractivity contribution in [2.75, 3.05) is 53.0 Å². The monoisotopic (exact) mass is 296 g/mol. The van der Waals surface area contributed by atoms with E-state index in [0.29, 0.717) is 5.41 Å². The fourth-order valence-electron chi connectivity index (χ4n) is 4.28. The Bertz CT molecular complexity index is 292. The van der Waals surface area contributed by atoms with E-state index in [4.69, 9.17) is 4.74 Å². The van der Waals surface area contributed by atoms with E-state index in [2.05, 4.69) is 30.6 Å². The molecule has 21 heavy (non-hydrogen) atoms. The van der Waals surface area contributed by atoms with Crippen LogP contribution in [0.4, 0.5) is 0 Å². The Morgan fingerprint density at radius 1 is 1.00 bits per heavy atom. The van der Waals surface area contributed by atoms with Crippen molar-refractivity contribution in [2.24, 2.45) is 17.3 Å². The number of hydrogen-bond acceptors (Lipinski definition) is 3. The van der Waals surface area contributed by atoms with Gasteiger partial charge in [0.1, 0.15) is 0 Å². The first kappa shape index (κ1) is 17.2. The minimum Gasteiger partial charge on any atom is -0.384 e. The summed E-state index contributed by atoms with van der Waals surface area (Å²) in [4.78, 5) is 5.36. The molecule has 2 heterocycles. The van der Waals surface area contributed by atoms with Gasteiger partial charge in [-0.25, -0.2) is 0 Å². The minimum absolute atomic E-state index is 0.426. The molecule has 2 rings (SSSR count). The Balaban J connectivity index is 1.71. The first-order valence-corrected chi connectivity index (χ1v) is 8.94. The molecule has 2 aliphatic rings. The Hall–Kier alpha value is -0.120. The van der Waals surface area contributed by atoms with E-state index in [-0.39, 0.29) is 0 Å². The van der Waals surface area contributed by atoms with Crippen LogP contribution in [0, 0.1) is 17.3 Å². The zero-order valence-corrected chi connectivity index (χ0v) is 14.7. The fourth-order valence-corrected chi connectivity index (χ4v) is 4.28. The van der Waals surface area contributed by atoms with Crippen LogP contribution < -0.4 is 0 Å². The van der Waals surface area contributed by atoms with Gasteiger partial charge in [-0.05, 0) is 69.1 Å². The summed E-state index contributed by atoms with van der Waals surface area (Å²) >= 11 is 0. The Kier molecular flexibility index (Phi) is 6.51. The van der Waals surface area contributed by atoms with E-state index in [1.54, 1.807) is 0 Å². The van der Waals surface area contributed by atoms with Crippen LogP contribution in [0.5, 0.6) is 0 Å². The van der Waals surface area contributed by atoms with Gasteiger partial charge in [-0.1, -0.05) is 20.8 Å². The van der Waals surface area contributed by atoms with Crippen molar-refractivity contribution in [1.82, 2.24) is 9.80 Å². The van der Waals surface area contributed by atoms with Gasteiger partial charge in [0, 0.05) is 26.8 Å². The molecule has 0 amide bonds. The second-order valence-electron chi connectivity index (χ2n) is 8.19. The number of rotatable bonds is 7. The lowest BCUT2D eigenvalue weighted by Gasteiger charge is -2.40. The second kappa shape index (κ2) is 7.94. The average Bonchev–Trinajstić information content (AvgIpc) is 2.91. The lowest BCUT2D eigenvalue weighted by Crippen LogP contribution is -2.45. The average molecular weight is 296 g/mol. The van der Waals surface area contributed by atoms with Crippen LogP contribution in [-0.4, -0.2) is 62.8 Å². The number of piperidine rings is 1. The van der Waals surface area contributed by atoms with Gasteiger partial charge in [0.2, 0.25) is 0 Å². The van der Waals surface area contributed by atoms with E-state index >= 15 is 0 Å². The molecule has 0 aliphatic carbocycles. The van der Waals surface area contributed by atoms with Crippen molar-refractivity contribution in [1.29, 1.82) is 0 Å². The third-order valence-electron chi connectivity index (χ3n) is 5.37. The molecule has 0 N–H and O–H groups in total. The molecule has 2 fully saturated rings. The molecule has 2 saturated heterocycles. The summed E-state index contributed by atoms with van der Waals surface area (Å²) in [7, 11) is 1.83. The summed E-state index contributed by atoms with van der Waals surface area (Å²) in [6, 6.07) is 0. The van der Waals surface area contributed by atoms with Crippen molar-refractivity contribution in [3.63, 3.8) is 0 Å². The highest BCUT2D eigenvalue weighted by Gasteiger charge is 2.29. The summed E-state index contributed by atoms with van der Waals surface area (Å²) in [5.74, 6) is 1.58.